The molecule has 0 saturated heterocycles. The molecule has 0 aliphatic heterocycles. The van der Waals surface area contributed by atoms with E-state index >= 15 is 0 Å². The molecule has 0 saturated carbocycles. The molecule has 0 bridgehead atoms. The summed E-state index contributed by atoms with van der Waals surface area (Å²) in [6, 6.07) is 0. The Kier molecular flexibility index (Phi) is 58.3. The molecule has 0 aromatic heterocycles. The summed E-state index contributed by atoms with van der Waals surface area (Å²) in [5.74, 6) is 0. The molecule has 0 spiro atoms. The van der Waals surface area contributed by atoms with Crippen molar-refractivity contribution in [2.45, 2.75) is 0 Å². The first-order chi connectivity index (χ1) is 3.15. The van der Waals surface area contributed by atoms with E-state index in [4.69, 9.17) is 19.8 Å². The van der Waals surface area contributed by atoms with Crippen LogP contribution in [-0.2, 0) is 4.47 Å². The molecule has 0 fully saturated rings. The zero-order chi connectivity index (χ0) is 6.28. The fraction of sp³-hybridized carbons (Fsp3) is 0. The van der Waals surface area contributed by atoms with Crippen molar-refractivity contribution in [1.29, 1.82) is 0 Å². The van der Waals surface area contributed by atoms with E-state index in [2.05, 4.69) is 0 Å². The van der Waals surface area contributed by atoms with Crippen LogP contribution in [0.2, 0.25) is 0 Å². The fourth-order valence-corrected chi connectivity index (χ4v) is 0. The molecule has 0 aliphatic carbocycles. The van der Waals surface area contributed by atoms with Crippen LogP contribution in [0.15, 0.2) is 0 Å². The van der Waals surface area contributed by atoms with E-state index in [1.54, 1.807) is 0 Å². The molecule has 0 aromatic carbocycles. The summed E-state index contributed by atoms with van der Waals surface area (Å²) in [6.45, 7) is 0. The smallest absolute Gasteiger partial charge is 0 e. The molecule has 7 nitrogen and oxygen atoms in total. The zero-order valence-corrected chi connectivity index (χ0v) is 11.5. The minimum absolute atomic E-state index is 0. The van der Waals surface area contributed by atoms with E-state index in [9.17, 15) is 0 Å². The third kappa shape index (κ3) is 637. The summed E-state index contributed by atoms with van der Waals surface area (Å²) in [5, 5.41) is 13.6. The van der Waals surface area contributed by atoms with E-state index in [0.717, 1.165) is 0 Å². The van der Waals surface area contributed by atoms with Crippen molar-refractivity contribution in [3.05, 3.63) is 10.1 Å². The van der Waals surface area contributed by atoms with Gasteiger partial charge in [0.1, 0.15) is 0 Å². The van der Waals surface area contributed by atoms with Crippen LogP contribution >= 0.6 is 0 Å². The average molecular weight is 595 g/mol. The molecule has 0 aromatic rings. The third-order valence-corrected chi connectivity index (χ3v) is 0. The maximum absolute atomic E-state index is 8.58. The van der Waals surface area contributed by atoms with Crippen LogP contribution in [0.5, 0.6) is 0 Å². The number of rotatable bonds is 0. The molecular weight excluding hydrogens is 592 g/mol. The Morgan fingerprint density at radius 2 is 1.44 bits per heavy atom. The van der Waals surface area contributed by atoms with Crippen molar-refractivity contribution in [1.82, 2.24) is 0 Å². The quantitative estimate of drug-likeness (QED) is 0.272. The zero-order valence-electron chi connectivity index (χ0n) is 3.94. The summed E-state index contributed by atoms with van der Waals surface area (Å²) in [6.07, 6.45) is 0. The Balaban J connectivity index is -0.0000000233. The molecule has 52 valence electrons. The standard InChI is InChI=1S/HNO3.H2O.2O.Pu.U/c2-1(3)4;;;;;/h(H,2,3,4);1H2;;;;/q;;;;;+2. The predicted octanol–water partition coefficient (Wildman–Crippen LogP) is -1.41. The summed E-state index contributed by atoms with van der Waals surface area (Å²) < 4.78 is 17.2. The maximum Gasteiger partial charge on any atom is 0 e. The summed E-state index contributed by atoms with van der Waals surface area (Å²) in [7, 11) is 0. The topological polar surface area (TPSA) is 129 Å². The molecule has 0 aliphatic rings. The fourth-order valence-electron chi connectivity index (χ4n) is 0. The third-order valence-electron chi connectivity index (χ3n) is 0. The normalized spacial score (nSPS) is 3.56. The molecule has 9 heavy (non-hydrogen) atoms. The summed E-state index contributed by atoms with van der Waals surface area (Å²) >= 11 is -2.51. The Bertz CT molecular complexity index is 81.1. The average Bonchev–Trinajstić information content (AvgIpc) is 1.33. The van der Waals surface area contributed by atoms with E-state index in [-0.39, 0.29) is 34.7 Å². The van der Waals surface area contributed by atoms with Gasteiger partial charge in [0.2, 0.25) is 0 Å². The molecule has 0 heterocycles. The molecule has 0 radical (unpaired) electrons. The number of hydrogen-bond acceptors (Lipinski definition) is 4. The maximum atomic E-state index is 8.58. The molecule has 9 heteroatoms. The van der Waals surface area contributed by atoms with Crippen LogP contribution in [0.1, 0.15) is 0 Å². The van der Waals surface area contributed by atoms with Gasteiger partial charge in [-0.3, -0.25) is 0 Å². The van der Waals surface area contributed by atoms with Gasteiger partial charge in [0.25, 0.3) is 5.09 Å². The number of hydrogen-bond donors (Lipinski definition) is 1. The van der Waals surface area contributed by atoms with Gasteiger partial charge >= 0.3 is 32.3 Å². The van der Waals surface area contributed by atoms with Crippen molar-refractivity contribution < 1.29 is 77.2 Å². The van der Waals surface area contributed by atoms with Crippen LogP contribution in [0.3, 0.4) is 0 Å². The van der Waals surface area contributed by atoms with Crippen molar-refractivity contribution in [3.63, 3.8) is 0 Å². The first kappa shape index (κ1) is 22.6. The van der Waals surface area contributed by atoms with Gasteiger partial charge in [0.05, 0.1) is 0 Å². The largest absolute Gasteiger partial charge is 0 e. The van der Waals surface area contributed by atoms with Crippen LogP contribution in [0, 0.1) is 67.1 Å². The monoisotopic (exact) mass is 589 g/mol. The van der Waals surface area contributed by atoms with Crippen LogP contribution in [0.4, 0.5) is 0 Å². The molecule has 0 atom stereocenters. The summed E-state index contributed by atoms with van der Waals surface area (Å²) in [4.78, 5) is 8.36. The van der Waals surface area contributed by atoms with Crippen molar-refractivity contribution in [3.8, 4) is 0 Å². The molecule has 0 rings (SSSR count). The van der Waals surface area contributed by atoms with Gasteiger partial charge in [0.15, 0.2) is 0 Å². The minimum atomic E-state index is -2.51. The molecular formula is H3NO6PuU+2. The van der Waals surface area contributed by atoms with E-state index < -0.39 is 32.9 Å². The van der Waals surface area contributed by atoms with E-state index in [0.29, 0.717) is 0 Å². The van der Waals surface area contributed by atoms with Crippen molar-refractivity contribution >= 4 is 0 Å². The molecule has 0 unspecified atom stereocenters. The van der Waals surface area contributed by atoms with Gasteiger partial charge in [-0.1, -0.05) is 0 Å². The second-order valence-corrected chi connectivity index (χ2v) is 1.02. The van der Waals surface area contributed by atoms with Gasteiger partial charge in [0, 0.05) is 29.2 Å². The van der Waals surface area contributed by atoms with Gasteiger partial charge in [-0.2, -0.15) is 0 Å². The Hall–Kier alpha value is 0.799. The first-order valence-electron chi connectivity index (χ1n) is 0.973. The second kappa shape index (κ2) is 23.2. The van der Waals surface area contributed by atoms with E-state index in [1.165, 1.54) is 0 Å². The van der Waals surface area contributed by atoms with Gasteiger partial charge in [-0.05, 0) is 0 Å². The minimum Gasteiger partial charge on any atom is 0 e. The molecule has 0 amide bonds. The van der Waals surface area contributed by atoms with E-state index in [1.807, 2.05) is 0 Å². The Morgan fingerprint density at radius 1 is 1.44 bits per heavy atom. The van der Waals surface area contributed by atoms with Crippen molar-refractivity contribution in [2.75, 3.05) is 0 Å². The Morgan fingerprint density at radius 3 is 1.44 bits per heavy atom. The van der Waals surface area contributed by atoms with Gasteiger partial charge < -0.3 is 10.7 Å². The SMILES string of the molecule is O.O=[N+]([O-])O.[O]=[U+2]=[O].[Pu]. The second-order valence-electron chi connectivity index (χ2n) is 0.321. The summed E-state index contributed by atoms with van der Waals surface area (Å²) in [5.41, 5.74) is 0. The van der Waals surface area contributed by atoms with Crippen LogP contribution < -0.4 is 0 Å². The van der Waals surface area contributed by atoms with Crippen LogP contribution in [0.25, 0.3) is 0 Å². The Labute approximate surface area is 86.4 Å². The number of nitrogens with zero attached hydrogens (tertiary/aromatic N) is 1. The van der Waals surface area contributed by atoms with Crippen molar-refractivity contribution in [2.24, 2.45) is 0 Å². The van der Waals surface area contributed by atoms with Crippen LogP contribution in [-0.4, -0.2) is 15.8 Å². The van der Waals surface area contributed by atoms with Gasteiger partial charge in [-0.15, -0.1) is 10.1 Å². The van der Waals surface area contributed by atoms with Gasteiger partial charge in [-0.25, -0.2) is 0 Å². The first-order valence-corrected chi connectivity index (χ1v) is 4.37. The predicted molar refractivity (Wildman–Crippen MR) is 13.8 cm³/mol. The molecule has 3 N–H and O–H groups in total.